The summed E-state index contributed by atoms with van der Waals surface area (Å²) >= 11 is 13.4. The number of rotatable bonds is 8. The van der Waals surface area contributed by atoms with E-state index < -0.39 is 5.97 Å². The number of carbonyl (C=O) groups excluding carboxylic acids is 1. The smallest absolute Gasteiger partial charge is 0.335 e. The van der Waals surface area contributed by atoms with E-state index in [0.29, 0.717) is 60.9 Å². The number of hydrogen-bond donors (Lipinski definition) is 1. The number of anilines is 1. The van der Waals surface area contributed by atoms with E-state index in [4.69, 9.17) is 27.9 Å². The van der Waals surface area contributed by atoms with Gasteiger partial charge in [-0.2, -0.15) is 5.10 Å². The third-order valence-corrected chi connectivity index (χ3v) is 10.2. The molecule has 1 aliphatic heterocycles. The lowest BCUT2D eigenvalue weighted by Gasteiger charge is -2.22. The first kappa shape index (κ1) is 32.7. The molecule has 0 radical (unpaired) electrons. The van der Waals surface area contributed by atoms with Gasteiger partial charge in [-0.25, -0.2) is 4.79 Å². The van der Waals surface area contributed by atoms with Crippen LogP contribution >= 0.6 is 23.2 Å². The van der Waals surface area contributed by atoms with E-state index in [2.05, 4.69) is 9.67 Å². The van der Waals surface area contributed by atoms with Crippen LogP contribution in [0.4, 0.5) is 5.69 Å². The van der Waals surface area contributed by atoms with E-state index >= 15 is 0 Å². The van der Waals surface area contributed by atoms with Crippen molar-refractivity contribution >= 4 is 51.7 Å². The number of ether oxygens (including phenoxy) is 1. The standard InChI is InChI=1S/C37H38Cl2N4O4/c1-20-17-25(10-11-27(20)37(45)46)42-14-8-15-43-34-29(12-13-30(38)32(34)31-23(4)40-41(6)24(31)5)28(35(43)36(42)44)9-7-16-47-26-18-21(2)33(39)22(3)19-26/h10-13,17-19H,7-9,14-16H2,1-6H3,(H,45,46). The number of nitrogens with zero attached hydrogens (tertiary/aromatic N) is 4. The quantitative estimate of drug-likeness (QED) is 0.167. The molecule has 6 rings (SSSR count). The van der Waals surface area contributed by atoms with Crippen molar-refractivity contribution < 1.29 is 19.4 Å². The minimum absolute atomic E-state index is 0.122. The van der Waals surface area contributed by atoms with E-state index in [0.717, 1.165) is 60.9 Å². The van der Waals surface area contributed by atoms with Gasteiger partial charge in [0.15, 0.2) is 0 Å². The van der Waals surface area contributed by atoms with E-state index in [9.17, 15) is 14.7 Å². The Morgan fingerprint density at radius 2 is 1.68 bits per heavy atom. The minimum Gasteiger partial charge on any atom is -0.494 e. The van der Waals surface area contributed by atoms with Gasteiger partial charge in [0.25, 0.3) is 5.91 Å². The second kappa shape index (κ2) is 12.7. The van der Waals surface area contributed by atoms with Gasteiger partial charge in [-0.15, -0.1) is 0 Å². The predicted octanol–water partition coefficient (Wildman–Crippen LogP) is 8.65. The van der Waals surface area contributed by atoms with Crippen molar-refractivity contribution in [3.8, 4) is 16.9 Å². The van der Waals surface area contributed by atoms with Crippen LogP contribution in [0.1, 0.15) is 67.3 Å². The number of aryl methyl sites for hydroxylation is 7. The topological polar surface area (TPSA) is 89.6 Å². The average molecular weight is 674 g/mol. The molecule has 8 nitrogen and oxygen atoms in total. The predicted molar refractivity (Wildman–Crippen MR) is 188 cm³/mol. The maximum atomic E-state index is 14.7. The molecule has 0 saturated heterocycles. The molecule has 0 fully saturated rings. The number of amides is 1. The van der Waals surface area contributed by atoms with Crippen molar-refractivity contribution in [1.82, 2.24) is 14.3 Å². The lowest BCUT2D eigenvalue weighted by atomic mass is 9.98. The molecular formula is C37H38Cl2N4O4. The summed E-state index contributed by atoms with van der Waals surface area (Å²) in [5.41, 5.74) is 9.65. The highest BCUT2D eigenvalue weighted by Crippen LogP contribution is 2.43. The molecule has 0 spiro atoms. The van der Waals surface area contributed by atoms with Crippen molar-refractivity contribution in [2.75, 3.05) is 18.1 Å². The Bertz CT molecular complexity index is 2050. The van der Waals surface area contributed by atoms with Crippen LogP contribution in [0.25, 0.3) is 22.0 Å². The molecule has 0 unspecified atom stereocenters. The number of aromatic nitrogens is 3. The molecule has 47 heavy (non-hydrogen) atoms. The zero-order valence-electron chi connectivity index (χ0n) is 27.5. The van der Waals surface area contributed by atoms with E-state index in [1.165, 1.54) is 0 Å². The number of carboxylic acids is 1. The van der Waals surface area contributed by atoms with Gasteiger partial charge in [0, 0.05) is 53.1 Å². The molecule has 0 atom stereocenters. The zero-order valence-corrected chi connectivity index (χ0v) is 29.0. The van der Waals surface area contributed by atoms with Crippen LogP contribution in [-0.2, 0) is 20.0 Å². The maximum Gasteiger partial charge on any atom is 0.335 e. The Balaban J connectivity index is 1.47. The van der Waals surface area contributed by atoms with E-state index in [1.54, 1.807) is 30.0 Å². The Morgan fingerprint density at radius 1 is 0.957 bits per heavy atom. The van der Waals surface area contributed by atoms with Gasteiger partial charge in [-0.1, -0.05) is 29.3 Å². The Morgan fingerprint density at radius 3 is 2.32 bits per heavy atom. The van der Waals surface area contributed by atoms with Gasteiger partial charge in [0.2, 0.25) is 0 Å². The van der Waals surface area contributed by atoms with Crippen molar-refractivity contribution in [3.05, 3.63) is 97.4 Å². The molecule has 3 heterocycles. The van der Waals surface area contributed by atoms with Crippen molar-refractivity contribution in [2.24, 2.45) is 7.05 Å². The second-order valence-electron chi connectivity index (χ2n) is 12.4. The van der Waals surface area contributed by atoms with Crippen molar-refractivity contribution in [1.29, 1.82) is 0 Å². The Labute approximate surface area is 284 Å². The number of carboxylic acid groups (broad SMARTS) is 1. The van der Waals surface area contributed by atoms with Gasteiger partial charge < -0.3 is 19.3 Å². The van der Waals surface area contributed by atoms with Gasteiger partial charge >= 0.3 is 5.97 Å². The first-order chi connectivity index (χ1) is 22.4. The summed E-state index contributed by atoms with van der Waals surface area (Å²) in [6.07, 6.45) is 1.99. The normalized spacial score (nSPS) is 13.3. The van der Waals surface area contributed by atoms with Gasteiger partial charge in [0.05, 0.1) is 28.4 Å². The molecule has 10 heteroatoms. The lowest BCUT2D eigenvalue weighted by molar-refractivity contribution is 0.0696. The number of halogens is 2. The van der Waals surface area contributed by atoms with Crippen LogP contribution < -0.4 is 9.64 Å². The third-order valence-electron chi connectivity index (χ3n) is 9.25. The van der Waals surface area contributed by atoms with Gasteiger partial charge in [0.1, 0.15) is 11.4 Å². The highest BCUT2D eigenvalue weighted by molar-refractivity contribution is 6.35. The number of hydrogen-bond acceptors (Lipinski definition) is 4. The molecule has 1 aliphatic rings. The molecule has 0 saturated carbocycles. The molecular weight excluding hydrogens is 635 g/mol. The van der Waals surface area contributed by atoms with Crippen LogP contribution in [0.5, 0.6) is 5.75 Å². The third kappa shape index (κ3) is 5.78. The van der Waals surface area contributed by atoms with Crippen LogP contribution in [0.15, 0.2) is 42.5 Å². The fourth-order valence-corrected chi connectivity index (χ4v) is 7.29. The minimum atomic E-state index is -0.991. The summed E-state index contributed by atoms with van der Waals surface area (Å²) in [7, 11) is 1.92. The Hall–Kier alpha value is -4.27. The molecule has 244 valence electrons. The summed E-state index contributed by atoms with van der Waals surface area (Å²) < 4.78 is 10.2. The molecule has 1 N–H and O–H groups in total. The zero-order chi connectivity index (χ0) is 33.7. The number of fused-ring (bicyclic) bond motifs is 3. The number of benzene rings is 3. The average Bonchev–Trinajstić information content (AvgIpc) is 3.39. The van der Waals surface area contributed by atoms with Gasteiger partial charge in [-0.05, 0) is 113 Å². The second-order valence-corrected chi connectivity index (χ2v) is 13.2. The van der Waals surface area contributed by atoms with Crippen LogP contribution in [0.2, 0.25) is 10.0 Å². The van der Waals surface area contributed by atoms with Crippen LogP contribution in [0.3, 0.4) is 0 Å². The summed E-state index contributed by atoms with van der Waals surface area (Å²) in [6.45, 7) is 11.3. The molecule has 2 aromatic heterocycles. The van der Waals surface area contributed by atoms with Gasteiger partial charge in [-0.3, -0.25) is 9.48 Å². The number of carbonyl (C=O) groups is 2. The summed E-state index contributed by atoms with van der Waals surface area (Å²) in [5, 5.41) is 16.6. The summed E-state index contributed by atoms with van der Waals surface area (Å²) in [4.78, 5) is 28.2. The Kier molecular flexibility index (Phi) is 8.85. The molecule has 0 bridgehead atoms. The fourth-order valence-electron chi connectivity index (χ4n) is 6.93. The summed E-state index contributed by atoms with van der Waals surface area (Å²) in [5.74, 6) is -0.345. The van der Waals surface area contributed by atoms with Crippen LogP contribution in [-0.4, -0.2) is 44.5 Å². The SMILES string of the molecule is Cc1cc(N2CCCn3c(c(CCCOc4cc(C)c(Cl)c(C)c4)c4ccc(Cl)c(-c5c(C)nn(C)c5C)c43)C2=O)ccc1C(=O)O. The van der Waals surface area contributed by atoms with Crippen molar-refractivity contribution in [3.63, 3.8) is 0 Å². The lowest BCUT2D eigenvalue weighted by Crippen LogP contribution is -2.31. The monoisotopic (exact) mass is 672 g/mol. The first-order valence-corrected chi connectivity index (χ1v) is 16.5. The summed E-state index contributed by atoms with van der Waals surface area (Å²) in [6, 6.07) is 12.9. The molecule has 0 aliphatic carbocycles. The van der Waals surface area contributed by atoms with Crippen molar-refractivity contribution in [2.45, 2.75) is 60.4 Å². The highest BCUT2D eigenvalue weighted by Gasteiger charge is 2.32. The maximum absolute atomic E-state index is 14.7. The molecule has 1 amide bonds. The largest absolute Gasteiger partial charge is 0.494 e. The number of aromatic carboxylic acids is 1. The van der Waals surface area contributed by atoms with E-state index in [-0.39, 0.29) is 11.5 Å². The fraction of sp³-hybridized carbons (Fsp3) is 0.324. The highest BCUT2D eigenvalue weighted by atomic mass is 35.5. The molecule has 3 aromatic carbocycles. The van der Waals surface area contributed by atoms with Crippen LogP contribution in [0, 0.1) is 34.6 Å². The molecule has 5 aromatic rings. The first-order valence-electron chi connectivity index (χ1n) is 15.8. The van der Waals surface area contributed by atoms with E-state index in [1.807, 2.05) is 63.7 Å².